The highest BCUT2D eigenvalue weighted by atomic mass is 16.6. The van der Waals surface area contributed by atoms with Crippen LogP contribution in [0.1, 0.15) is 41.0 Å². The fraction of sp³-hybridized carbons (Fsp3) is 0.818. The van der Waals surface area contributed by atoms with E-state index in [1.165, 1.54) is 0 Å². The van der Waals surface area contributed by atoms with Gasteiger partial charge in [-0.25, -0.2) is 4.79 Å². The Hall–Kier alpha value is -1.46. The van der Waals surface area contributed by atoms with E-state index < -0.39 is 11.7 Å². The van der Waals surface area contributed by atoms with Crippen molar-refractivity contribution >= 4 is 11.9 Å². The van der Waals surface area contributed by atoms with Crippen molar-refractivity contribution in [1.82, 2.24) is 5.32 Å². The molecular weight excluding hydrogens is 222 g/mol. The second-order valence-corrected chi connectivity index (χ2v) is 5.79. The SMILES string of the molecule is CC(C)(CNC(=O)OC(C)(C)C)C/C(N)=N/O. The van der Waals surface area contributed by atoms with Crippen LogP contribution in [0.15, 0.2) is 5.16 Å². The summed E-state index contributed by atoms with van der Waals surface area (Å²) >= 11 is 0. The van der Waals surface area contributed by atoms with Crippen LogP contribution in [0, 0.1) is 5.41 Å². The zero-order valence-electron chi connectivity index (χ0n) is 11.2. The lowest BCUT2D eigenvalue weighted by molar-refractivity contribution is 0.0507. The quantitative estimate of drug-likeness (QED) is 0.304. The van der Waals surface area contributed by atoms with Crippen LogP contribution in [0.4, 0.5) is 4.79 Å². The standard InChI is InChI=1S/C11H23N3O3/c1-10(2,3)17-9(15)13-7-11(4,5)6-8(12)14-16/h16H,6-7H2,1-5H3,(H2,12,14)(H,13,15). The van der Waals surface area contributed by atoms with Crippen LogP contribution >= 0.6 is 0 Å². The van der Waals surface area contributed by atoms with Crippen molar-refractivity contribution in [1.29, 1.82) is 0 Å². The third kappa shape index (κ3) is 8.36. The molecule has 17 heavy (non-hydrogen) atoms. The molecule has 0 rings (SSSR count). The van der Waals surface area contributed by atoms with E-state index in [-0.39, 0.29) is 11.3 Å². The summed E-state index contributed by atoms with van der Waals surface area (Å²) < 4.78 is 5.10. The molecule has 0 atom stereocenters. The second kappa shape index (κ2) is 5.75. The second-order valence-electron chi connectivity index (χ2n) is 5.79. The lowest BCUT2D eigenvalue weighted by atomic mass is 9.89. The lowest BCUT2D eigenvalue weighted by Gasteiger charge is -2.26. The van der Waals surface area contributed by atoms with Crippen LogP contribution in [-0.2, 0) is 4.74 Å². The van der Waals surface area contributed by atoms with E-state index in [4.69, 9.17) is 15.7 Å². The molecule has 0 aliphatic rings. The van der Waals surface area contributed by atoms with E-state index in [2.05, 4.69) is 10.5 Å². The van der Waals surface area contributed by atoms with Crippen molar-refractivity contribution in [2.24, 2.45) is 16.3 Å². The molecule has 0 unspecified atom stereocenters. The molecule has 100 valence electrons. The summed E-state index contributed by atoms with van der Waals surface area (Å²) in [5.41, 5.74) is 4.61. The Balaban J connectivity index is 4.14. The van der Waals surface area contributed by atoms with Crippen molar-refractivity contribution in [2.75, 3.05) is 6.54 Å². The predicted octanol–water partition coefficient (Wildman–Crippen LogP) is 1.67. The first-order valence-electron chi connectivity index (χ1n) is 5.49. The topological polar surface area (TPSA) is 96.9 Å². The Labute approximate surface area is 102 Å². The minimum Gasteiger partial charge on any atom is -0.444 e. The Morgan fingerprint density at radius 1 is 1.35 bits per heavy atom. The monoisotopic (exact) mass is 245 g/mol. The van der Waals surface area contributed by atoms with Gasteiger partial charge in [0, 0.05) is 13.0 Å². The number of hydrogen-bond acceptors (Lipinski definition) is 4. The van der Waals surface area contributed by atoms with Crippen LogP contribution in [0.5, 0.6) is 0 Å². The molecule has 0 bridgehead atoms. The first-order chi connectivity index (χ1) is 7.56. The number of rotatable bonds is 4. The van der Waals surface area contributed by atoms with E-state index in [9.17, 15) is 4.79 Å². The highest BCUT2D eigenvalue weighted by molar-refractivity contribution is 5.80. The molecule has 0 radical (unpaired) electrons. The van der Waals surface area contributed by atoms with Crippen molar-refractivity contribution in [3.8, 4) is 0 Å². The van der Waals surface area contributed by atoms with Gasteiger partial charge in [-0.05, 0) is 26.2 Å². The normalized spacial score (nSPS) is 13.4. The fourth-order valence-corrected chi connectivity index (χ4v) is 1.21. The van der Waals surface area contributed by atoms with Crippen LogP contribution in [-0.4, -0.2) is 29.3 Å². The third-order valence-corrected chi connectivity index (χ3v) is 1.90. The molecule has 0 aromatic carbocycles. The first kappa shape index (κ1) is 15.5. The van der Waals surface area contributed by atoms with E-state index in [1.807, 2.05) is 13.8 Å². The molecule has 0 aliphatic carbocycles. The van der Waals surface area contributed by atoms with Gasteiger partial charge in [-0.1, -0.05) is 19.0 Å². The molecule has 0 saturated heterocycles. The summed E-state index contributed by atoms with van der Waals surface area (Å²) in [5.74, 6) is 0.140. The van der Waals surface area contributed by atoms with Gasteiger partial charge in [-0.2, -0.15) is 0 Å². The number of nitrogens with one attached hydrogen (secondary N) is 1. The van der Waals surface area contributed by atoms with E-state index in [0.717, 1.165) is 0 Å². The first-order valence-corrected chi connectivity index (χ1v) is 5.49. The predicted molar refractivity (Wildman–Crippen MR) is 66.0 cm³/mol. The number of alkyl carbamates (subject to hydrolysis) is 1. The molecule has 0 aromatic heterocycles. The van der Waals surface area contributed by atoms with E-state index in [1.54, 1.807) is 20.8 Å². The van der Waals surface area contributed by atoms with Crippen LogP contribution in [0.2, 0.25) is 0 Å². The van der Waals surface area contributed by atoms with Crippen LogP contribution < -0.4 is 11.1 Å². The van der Waals surface area contributed by atoms with Crippen molar-refractivity contribution in [3.05, 3.63) is 0 Å². The molecule has 4 N–H and O–H groups in total. The largest absolute Gasteiger partial charge is 0.444 e. The van der Waals surface area contributed by atoms with Crippen LogP contribution in [0.25, 0.3) is 0 Å². The Morgan fingerprint density at radius 2 is 1.88 bits per heavy atom. The van der Waals surface area contributed by atoms with Gasteiger partial charge in [0.1, 0.15) is 11.4 Å². The summed E-state index contributed by atoms with van der Waals surface area (Å²) in [6.45, 7) is 9.60. The Morgan fingerprint density at radius 3 is 2.29 bits per heavy atom. The van der Waals surface area contributed by atoms with Gasteiger partial charge in [-0.15, -0.1) is 0 Å². The lowest BCUT2D eigenvalue weighted by Crippen LogP contribution is -2.39. The minimum absolute atomic E-state index is 0.140. The smallest absolute Gasteiger partial charge is 0.407 e. The van der Waals surface area contributed by atoms with Crippen molar-refractivity contribution < 1.29 is 14.7 Å². The van der Waals surface area contributed by atoms with Crippen molar-refractivity contribution in [2.45, 2.75) is 46.6 Å². The minimum atomic E-state index is -0.514. The zero-order valence-corrected chi connectivity index (χ0v) is 11.2. The van der Waals surface area contributed by atoms with Gasteiger partial charge in [0.25, 0.3) is 0 Å². The van der Waals surface area contributed by atoms with Gasteiger partial charge < -0.3 is 21.0 Å². The molecule has 1 amide bonds. The number of amides is 1. The molecule has 6 nitrogen and oxygen atoms in total. The molecule has 0 spiro atoms. The molecule has 0 saturated carbocycles. The van der Waals surface area contributed by atoms with Gasteiger partial charge in [0.2, 0.25) is 0 Å². The highest BCUT2D eigenvalue weighted by Crippen LogP contribution is 2.19. The van der Waals surface area contributed by atoms with Crippen molar-refractivity contribution in [3.63, 3.8) is 0 Å². The summed E-state index contributed by atoms with van der Waals surface area (Å²) in [4.78, 5) is 11.4. The number of ether oxygens (including phenoxy) is 1. The molecule has 0 heterocycles. The third-order valence-electron chi connectivity index (χ3n) is 1.90. The zero-order chi connectivity index (χ0) is 13.7. The van der Waals surface area contributed by atoms with Gasteiger partial charge in [-0.3, -0.25) is 0 Å². The average Bonchev–Trinajstić information content (AvgIpc) is 2.11. The number of nitrogens with two attached hydrogens (primary N) is 1. The fourth-order valence-electron chi connectivity index (χ4n) is 1.21. The number of amidine groups is 1. The van der Waals surface area contributed by atoms with Gasteiger partial charge in [0.15, 0.2) is 0 Å². The van der Waals surface area contributed by atoms with Crippen LogP contribution in [0.3, 0.4) is 0 Å². The number of hydrogen-bond donors (Lipinski definition) is 3. The van der Waals surface area contributed by atoms with E-state index >= 15 is 0 Å². The molecule has 6 heteroatoms. The molecule has 0 fully saturated rings. The van der Waals surface area contributed by atoms with Gasteiger partial charge in [0.05, 0.1) is 0 Å². The summed E-state index contributed by atoms with van der Waals surface area (Å²) in [6.07, 6.45) is -0.0793. The maximum atomic E-state index is 11.4. The maximum absolute atomic E-state index is 11.4. The number of carbonyl (C=O) groups is 1. The maximum Gasteiger partial charge on any atom is 0.407 e. The van der Waals surface area contributed by atoms with Gasteiger partial charge >= 0.3 is 6.09 Å². The number of oxime groups is 1. The number of nitrogens with zero attached hydrogens (tertiary/aromatic N) is 1. The Kier molecular flexibility index (Phi) is 5.25. The highest BCUT2D eigenvalue weighted by Gasteiger charge is 2.23. The number of carbonyl (C=O) groups excluding carboxylic acids is 1. The molecule has 0 aliphatic heterocycles. The Bertz CT molecular complexity index is 293. The average molecular weight is 245 g/mol. The summed E-state index contributed by atoms with van der Waals surface area (Å²) in [5, 5.41) is 14.0. The summed E-state index contributed by atoms with van der Waals surface area (Å²) in [6, 6.07) is 0. The summed E-state index contributed by atoms with van der Waals surface area (Å²) in [7, 11) is 0. The molecule has 0 aromatic rings. The van der Waals surface area contributed by atoms with E-state index in [0.29, 0.717) is 13.0 Å². The molecular formula is C11H23N3O3.